The number of aromatic carboxylic acids is 1. The molecule has 1 N–H and O–H groups in total. The Morgan fingerprint density at radius 3 is 2.74 bits per heavy atom. The molecule has 0 spiro atoms. The molecule has 0 amide bonds. The van der Waals surface area contributed by atoms with Crippen molar-refractivity contribution in [1.82, 2.24) is 9.55 Å². The summed E-state index contributed by atoms with van der Waals surface area (Å²) in [5.74, 6) is -1.06. The molecule has 1 aliphatic carbocycles. The van der Waals surface area contributed by atoms with Crippen LogP contribution in [-0.2, 0) is 0 Å². The predicted molar refractivity (Wildman–Crippen MR) is 85.1 cm³/mol. The number of benzene rings is 1. The van der Waals surface area contributed by atoms with Gasteiger partial charge in [-0.1, -0.05) is 48.3 Å². The molecular weight excluding hydrogens is 294 g/mol. The maximum atomic E-state index is 11.5. The molecule has 0 aliphatic heterocycles. The van der Waals surface area contributed by atoms with Crippen LogP contribution in [0.1, 0.15) is 42.2 Å². The molecule has 1 heterocycles. The van der Waals surface area contributed by atoms with E-state index in [1.54, 1.807) is 6.33 Å². The third kappa shape index (κ3) is 2.91. The summed E-state index contributed by atoms with van der Waals surface area (Å²) in [5, 5.41) is 13.4. The number of carbonyl (C=O) groups is 1. The molecule has 1 aromatic carbocycles. The van der Waals surface area contributed by atoms with Crippen molar-refractivity contribution in [3.63, 3.8) is 0 Å². The van der Waals surface area contributed by atoms with Gasteiger partial charge in [0.05, 0.1) is 18.1 Å². The zero-order valence-electron chi connectivity index (χ0n) is 12.5. The van der Waals surface area contributed by atoms with Crippen molar-refractivity contribution in [2.75, 3.05) is 0 Å². The van der Waals surface area contributed by atoms with Gasteiger partial charge in [0.2, 0.25) is 0 Å². The average Bonchev–Trinajstić information content (AvgIpc) is 3.01. The lowest BCUT2D eigenvalue weighted by Crippen LogP contribution is -2.26. The third-order valence-corrected chi connectivity index (χ3v) is 4.29. The minimum absolute atomic E-state index is 0.0291. The highest BCUT2D eigenvalue weighted by Gasteiger charge is 2.30. The summed E-state index contributed by atoms with van der Waals surface area (Å²) in [6, 6.07) is 9.11. The summed E-state index contributed by atoms with van der Waals surface area (Å²) < 4.78 is 1.87. The Labute approximate surface area is 133 Å². The van der Waals surface area contributed by atoms with Crippen LogP contribution in [0.3, 0.4) is 0 Å². The number of carboxylic acids is 1. The minimum atomic E-state index is -1.06. The Morgan fingerprint density at radius 1 is 1.30 bits per heavy atom. The first-order valence-electron chi connectivity index (χ1n) is 7.62. The van der Waals surface area contributed by atoms with E-state index < -0.39 is 5.97 Å². The molecule has 0 bridgehead atoms. The zero-order valence-corrected chi connectivity index (χ0v) is 12.5. The number of nitrogens with zero attached hydrogens (tertiary/aromatic N) is 5. The van der Waals surface area contributed by atoms with Gasteiger partial charge < -0.3 is 9.67 Å². The maximum absolute atomic E-state index is 11.5. The van der Waals surface area contributed by atoms with Crippen LogP contribution >= 0.6 is 0 Å². The van der Waals surface area contributed by atoms with Gasteiger partial charge in [0.15, 0.2) is 5.69 Å². The zero-order chi connectivity index (χ0) is 16.2. The molecular formula is C16H17N5O2. The van der Waals surface area contributed by atoms with E-state index in [1.807, 2.05) is 34.9 Å². The molecule has 2 atom stereocenters. The topological polar surface area (TPSA) is 104 Å². The average molecular weight is 311 g/mol. The maximum Gasteiger partial charge on any atom is 0.356 e. The molecule has 1 aliphatic rings. The number of rotatable bonds is 4. The molecule has 1 saturated carbocycles. The SMILES string of the molecule is [N-]=[N+]=N[C@@H]1CCCC[C@@H]1n1cnc(C(=O)O)c1-c1ccccc1. The summed E-state index contributed by atoms with van der Waals surface area (Å²) in [4.78, 5) is 18.6. The summed E-state index contributed by atoms with van der Waals surface area (Å²) in [7, 11) is 0. The number of hydrogen-bond donors (Lipinski definition) is 1. The van der Waals surface area contributed by atoms with Crippen LogP contribution in [0, 0.1) is 0 Å². The Balaban J connectivity index is 2.12. The fourth-order valence-corrected chi connectivity index (χ4v) is 3.27. The Morgan fingerprint density at radius 2 is 2.04 bits per heavy atom. The Bertz CT molecular complexity index is 749. The van der Waals surface area contributed by atoms with Gasteiger partial charge in [0.1, 0.15) is 0 Å². The fraction of sp³-hybridized carbons (Fsp3) is 0.375. The number of imidazole rings is 1. The minimum Gasteiger partial charge on any atom is -0.476 e. The van der Waals surface area contributed by atoms with Crippen LogP contribution in [-0.4, -0.2) is 26.7 Å². The molecule has 1 aromatic heterocycles. The summed E-state index contributed by atoms with van der Waals surface area (Å²) >= 11 is 0. The van der Waals surface area contributed by atoms with Crippen LogP contribution in [0.25, 0.3) is 21.7 Å². The standard InChI is InChI=1S/C16H17N5O2/c17-20-19-12-8-4-5-9-13(12)21-10-18-14(16(22)23)15(21)11-6-2-1-3-7-11/h1-3,6-7,10,12-13H,4-5,8-9H2,(H,22,23)/t12-,13+/m1/s1. The lowest BCUT2D eigenvalue weighted by Gasteiger charge is -2.30. The summed E-state index contributed by atoms with van der Waals surface area (Å²) in [6.07, 6.45) is 5.25. The first kappa shape index (κ1) is 15.1. The first-order valence-corrected chi connectivity index (χ1v) is 7.62. The molecule has 0 unspecified atom stereocenters. The quantitative estimate of drug-likeness (QED) is 0.523. The molecule has 7 nitrogen and oxygen atoms in total. The van der Waals surface area contributed by atoms with Gasteiger partial charge in [-0.25, -0.2) is 9.78 Å². The number of azide groups is 1. The number of hydrogen-bond acceptors (Lipinski definition) is 3. The van der Waals surface area contributed by atoms with Gasteiger partial charge in [-0.15, -0.1) is 0 Å². The second-order valence-corrected chi connectivity index (χ2v) is 5.64. The van der Waals surface area contributed by atoms with E-state index in [0.29, 0.717) is 5.69 Å². The van der Waals surface area contributed by atoms with E-state index in [9.17, 15) is 9.90 Å². The largest absolute Gasteiger partial charge is 0.476 e. The third-order valence-electron chi connectivity index (χ3n) is 4.29. The van der Waals surface area contributed by atoms with Gasteiger partial charge >= 0.3 is 5.97 Å². The molecule has 2 aromatic rings. The van der Waals surface area contributed by atoms with E-state index in [2.05, 4.69) is 15.0 Å². The van der Waals surface area contributed by atoms with Gasteiger partial charge in [0.25, 0.3) is 0 Å². The molecule has 23 heavy (non-hydrogen) atoms. The second kappa shape index (κ2) is 6.54. The van der Waals surface area contributed by atoms with Crippen LogP contribution in [0.4, 0.5) is 0 Å². The highest BCUT2D eigenvalue weighted by molar-refractivity contribution is 5.93. The molecule has 1 fully saturated rings. The fourth-order valence-electron chi connectivity index (χ4n) is 3.27. The number of aromatic nitrogens is 2. The normalized spacial score (nSPS) is 20.7. The molecule has 0 radical (unpaired) electrons. The lowest BCUT2D eigenvalue weighted by molar-refractivity contribution is 0.0692. The van der Waals surface area contributed by atoms with Crippen molar-refractivity contribution in [2.45, 2.75) is 37.8 Å². The Hall–Kier alpha value is -2.79. The van der Waals surface area contributed by atoms with Crippen LogP contribution in [0.5, 0.6) is 0 Å². The molecule has 7 heteroatoms. The van der Waals surface area contributed by atoms with Crippen molar-refractivity contribution in [3.8, 4) is 11.3 Å². The molecule has 0 saturated heterocycles. The lowest BCUT2D eigenvalue weighted by atomic mass is 9.90. The van der Waals surface area contributed by atoms with Crippen molar-refractivity contribution in [1.29, 1.82) is 0 Å². The highest BCUT2D eigenvalue weighted by Crippen LogP contribution is 2.35. The smallest absolute Gasteiger partial charge is 0.356 e. The van der Waals surface area contributed by atoms with E-state index >= 15 is 0 Å². The van der Waals surface area contributed by atoms with Crippen LogP contribution in [0.2, 0.25) is 0 Å². The van der Waals surface area contributed by atoms with Crippen LogP contribution in [0.15, 0.2) is 41.8 Å². The summed E-state index contributed by atoms with van der Waals surface area (Å²) in [5.41, 5.74) is 10.2. The first-order chi connectivity index (χ1) is 11.2. The van der Waals surface area contributed by atoms with E-state index in [4.69, 9.17) is 5.53 Å². The second-order valence-electron chi connectivity index (χ2n) is 5.64. The van der Waals surface area contributed by atoms with E-state index in [1.165, 1.54) is 0 Å². The van der Waals surface area contributed by atoms with Gasteiger partial charge in [-0.3, -0.25) is 0 Å². The van der Waals surface area contributed by atoms with Crippen molar-refractivity contribution in [3.05, 3.63) is 52.8 Å². The Kier molecular flexibility index (Phi) is 4.30. The predicted octanol–water partition coefficient (Wildman–Crippen LogP) is 4.04. The summed E-state index contributed by atoms with van der Waals surface area (Å²) in [6.45, 7) is 0. The highest BCUT2D eigenvalue weighted by atomic mass is 16.4. The van der Waals surface area contributed by atoms with Crippen molar-refractivity contribution < 1.29 is 9.90 Å². The van der Waals surface area contributed by atoms with Gasteiger partial charge in [-0.2, -0.15) is 0 Å². The molecule has 118 valence electrons. The number of carboxylic acid groups (broad SMARTS) is 1. The van der Waals surface area contributed by atoms with E-state index in [0.717, 1.165) is 31.2 Å². The van der Waals surface area contributed by atoms with Crippen molar-refractivity contribution in [2.24, 2.45) is 5.11 Å². The molecule has 3 rings (SSSR count). The van der Waals surface area contributed by atoms with Gasteiger partial charge in [0, 0.05) is 16.5 Å². The van der Waals surface area contributed by atoms with Crippen molar-refractivity contribution >= 4 is 5.97 Å². The van der Waals surface area contributed by atoms with E-state index in [-0.39, 0.29) is 17.8 Å². The monoisotopic (exact) mass is 311 g/mol. The van der Waals surface area contributed by atoms with Crippen LogP contribution < -0.4 is 0 Å². The van der Waals surface area contributed by atoms with Gasteiger partial charge in [-0.05, 0) is 18.4 Å².